The lowest BCUT2D eigenvalue weighted by Crippen LogP contribution is -2.42. The van der Waals surface area contributed by atoms with Gasteiger partial charge >= 0.3 is 0 Å². The van der Waals surface area contributed by atoms with Crippen molar-refractivity contribution < 1.29 is 9.59 Å². The maximum atomic E-state index is 13.3. The predicted molar refractivity (Wildman–Crippen MR) is 138 cm³/mol. The van der Waals surface area contributed by atoms with E-state index in [4.69, 9.17) is 0 Å². The highest BCUT2D eigenvalue weighted by Crippen LogP contribution is 2.40. The van der Waals surface area contributed by atoms with Gasteiger partial charge in [0.1, 0.15) is 11.1 Å². The van der Waals surface area contributed by atoms with E-state index in [0.29, 0.717) is 13.1 Å². The number of hydrogen-bond acceptors (Lipinski definition) is 3. The third-order valence-corrected chi connectivity index (χ3v) is 6.73. The molecule has 0 spiro atoms. The van der Waals surface area contributed by atoms with Crippen molar-refractivity contribution in [3.8, 4) is 0 Å². The lowest BCUT2D eigenvalue weighted by molar-refractivity contribution is 0.0940. The molecule has 0 bridgehead atoms. The van der Waals surface area contributed by atoms with Gasteiger partial charge in [0, 0.05) is 36.9 Å². The molecule has 2 N–H and O–H groups in total. The third kappa shape index (κ3) is 5.70. The Labute approximate surface area is 206 Å². The summed E-state index contributed by atoms with van der Waals surface area (Å²) in [5.74, 6) is -0.920. The average Bonchev–Trinajstić information content (AvgIpc) is 3.34. The van der Waals surface area contributed by atoms with Gasteiger partial charge in [0.15, 0.2) is 0 Å². The number of rotatable bonds is 8. The molecule has 35 heavy (non-hydrogen) atoms. The van der Waals surface area contributed by atoms with E-state index in [9.17, 15) is 14.4 Å². The van der Waals surface area contributed by atoms with Crippen molar-refractivity contribution in [1.82, 2.24) is 15.2 Å². The molecule has 1 aromatic heterocycles. The van der Waals surface area contributed by atoms with Gasteiger partial charge in [-0.1, -0.05) is 73.5 Å². The molecule has 1 fully saturated rings. The Kier molecular flexibility index (Phi) is 7.49. The maximum Gasteiger partial charge on any atom is 0.256 e. The minimum Gasteiger partial charge on any atom is -0.351 e. The van der Waals surface area contributed by atoms with Gasteiger partial charge in [-0.25, -0.2) is 0 Å². The van der Waals surface area contributed by atoms with Gasteiger partial charge in [-0.15, -0.1) is 0 Å². The molecular formula is C29H33N3O3. The summed E-state index contributed by atoms with van der Waals surface area (Å²) in [6.07, 6.45) is 7.30. The lowest BCUT2D eigenvalue weighted by Gasteiger charge is -2.30. The highest BCUT2D eigenvalue weighted by atomic mass is 16.2. The second-order valence-corrected chi connectivity index (χ2v) is 9.74. The summed E-state index contributed by atoms with van der Waals surface area (Å²) in [7, 11) is 0. The quantitative estimate of drug-likeness (QED) is 0.515. The number of aromatic nitrogens is 1. The van der Waals surface area contributed by atoms with E-state index in [2.05, 4.69) is 22.8 Å². The summed E-state index contributed by atoms with van der Waals surface area (Å²) in [5, 5.41) is 5.81. The average molecular weight is 472 g/mol. The van der Waals surface area contributed by atoms with Crippen LogP contribution in [0.2, 0.25) is 0 Å². The standard InChI is InChI=1S/C29H33N3O3/c1-21(2)31-28(35)25-19-32(17-22-11-5-3-6-12-22)18-24(26(25)33)27(34)30-20-29(15-9-10-16-29)23-13-7-4-8-14-23/h3-8,11-14,18-19,21H,9-10,15-17,20H2,1-2H3,(H,30,34)(H,31,35). The minimum absolute atomic E-state index is 0.0152. The van der Waals surface area contributed by atoms with Gasteiger partial charge in [-0.05, 0) is 37.8 Å². The first kappa shape index (κ1) is 24.5. The van der Waals surface area contributed by atoms with Crippen LogP contribution in [0.4, 0.5) is 0 Å². The zero-order valence-electron chi connectivity index (χ0n) is 20.4. The van der Waals surface area contributed by atoms with Crippen LogP contribution in [0.3, 0.4) is 0 Å². The van der Waals surface area contributed by atoms with Crippen LogP contribution in [-0.2, 0) is 12.0 Å². The molecule has 6 heteroatoms. The van der Waals surface area contributed by atoms with E-state index >= 15 is 0 Å². The number of benzene rings is 2. The summed E-state index contributed by atoms with van der Waals surface area (Å²) in [6.45, 7) is 4.57. The van der Waals surface area contributed by atoms with E-state index in [1.54, 1.807) is 10.8 Å². The Balaban J connectivity index is 1.64. The molecule has 1 heterocycles. The number of hydrogen-bond donors (Lipinski definition) is 2. The molecule has 0 radical (unpaired) electrons. The second-order valence-electron chi connectivity index (χ2n) is 9.74. The Hall–Kier alpha value is -3.67. The van der Waals surface area contributed by atoms with Crippen molar-refractivity contribution in [2.75, 3.05) is 6.54 Å². The first-order chi connectivity index (χ1) is 16.9. The van der Waals surface area contributed by atoms with Gasteiger partial charge in [-0.2, -0.15) is 0 Å². The van der Waals surface area contributed by atoms with Crippen molar-refractivity contribution in [1.29, 1.82) is 0 Å². The molecule has 0 aliphatic heterocycles. The molecule has 0 atom stereocenters. The lowest BCUT2D eigenvalue weighted by atomic mass is 9.79. The van der Waals surface area contributed by atoms with E-state index in [-0.39, 0.29) is 22.6 Å². The van der Waals surface area contributed by atoms with Crippen LogP contribution in [-0.4, -0.2) is 29.0 Å². The minimum atomic E-state index is -0.551. The molecule has 4 rings (SSSR count). The fourth-order valence-electron chi connectivity index (χ4n) is 4.94. The maximum absolute atomic E-state index is 13.3. The number of carbonyl (C=O) groups excluding carboxylic acids is 2. The van der Waals surface area contributed by atoms with Crippen LogP contribution < -0.4 is 16.1 Å². The van der Waals surface area contributed by atoms with Crippen molar-refractivity contribution >= 4 is 11.8 Å². The highest BCUT2D eigenvalue weighted by Gasteiger charge is 2.36. The molecule has 6 nitrogen and oxygen atoms in total. The SMILES string of the molecule is CC(C)NC(=O)c1cn(Cc2ccccc2)cc(C(=O)NCC2(c3ccccc3)CCCC2)c1=O. The third-order valence-electron chi connectivity index (χ3n) is 6.73. The predicted octanol–water partition coefficient (Wildman–Crippen LogP) is 4.28. The first-order valence-corrected chi connectivity index (χ1v) is 12.3. The second kappa shape index (κ2) is 10.7. The number of nitrogens with zero attached hydrogens (tertiary/aromatic N) is 1. The molecule has 1 aliphatic carbocycles. The Morgan fingerprint density at radius 2 is 1.46 bits per heavy atom. The molecule has 3 aromatic rings. The van der Waals surface area contributed by atoms with Gasteiger partial charge in [0.05, 0.1) is 0 Å². The zero-order chi connectivity index (χ0) is 24.8. The van der Waals surface area contributed by atoms with Crippen molar-refractivity contribution in [3.05, 3.63) is 106 Å². The van der Waals surface area contributed by atoms with Crippen LogP contribution in [0, 0.1) is 0 Å². The van der Waals surface area contributed by atoms with E-state index in [1.807, 2.05) is 62.4 Å². The number of carbonyl (C=O) groups is 2. The summed E-state index contributed by atoms with van der Waals surface area (Å²) in [5.41, 5.74) is 1.49. The summed E-state index contributed by atoms with van der Waals surface area (Å²) >= 11 is 0. The number of nitrogens with one attached hydrogen (secondary N) is 2. The fraction of sp³-hybridized carbons (Fsp3) is 0.345. The molecule has 0 saturated heterocycles. The molecule has 2 amide bonds. The van der Waals surface area contributed by atoms with Crippen LogP contribution in [0.25, 0.3) is 0 Å². The molecule has 182 valence electrons. The molecule has 1 saturated carbocycles. The van der Waals surface area contributed by atoms with E-state index in [0.717, 1.165) is 31.2 Å². The summed E-state index contributed by atoms with van der Waals surface area (Å²) < 4.78 is 1.74. The number of amides is 2. The van der Waals surface area contributed by atoms with Crippen molar-refractivity contribution in [2.24, 2.45) is 0 Å². The topological polar surface area (TPSA) is 80.2 Å². The van der Waals surface area contributed by atoms with Crippen LogP contribution in [0.15, 0.2) is 77.9 Å². The largest absolute Gasteiger partial charge is 0.351 e. The Morgan fingerprint density at radius 1 is 0.886 bits per heavy atom. The molecule has 1 aliphatic rings. The normalized spacial score (nSPS) is 14.6. The van der Waals surface area contributed by atoms with Gasteiger partial charge in [0.2, 0.25) is 5.43 Å². The Bertz CT molecular complexity index is 1230. The smallest absolute Gasteiger partial charge is 0.256 e. The van der Waals surface area contributed by atoms with Gasteiger partial charge < -0.3 is 15.2 Å². The highest BCUT2D eigenvalue weighted by molar-refractivity contribution is 5.99. The van der Waals surface area contributed by atoms with Crippen molar-refractivity contribution in [3.63, 3.8) is 0 Å². The fourth-order valence-corrected chi connectivity index (χ4v) is 4.94. The van der Waals surface area contributed by atoms with Crippen LogP contribution >= 0.6 is 0 Å². The first-order valence-electron chi connectivity index (χ1n) is 12.3. The molecule has 2 aromatic carbocycles. The molecule has 0 unspecified atom stereocenters. The number of pyridine rings is 1. The summed E-state index contributed by atoms with van der Waals surface area (Å²) in [6, 6.07) is 19.9. The van der Waals surface area contributed by atoms with Crippen molar-refractivity contribution in [2.45, 2.75) is 57.5 Å². The van der Waals surface area contributed by atoms with E-state index in [1.165, 1.54) is 11.8 Å². The molecular weight excluding hydrogens is 438 g/mol. The summed E-state index contributed by atoms with van der Waals surface area (Å²) in [4.78, 5) is 39.4. The Morgan fingerprint density at radius 3 is 2.06 bits per heavy atom. The van der Waals surface area contributed by atoms with Gasteiger partial charge in [-0.3, -0.25) is 14.4 Å². The zero-order valence-corrected chi connectivity index (χ0v) is 20.4. The van der Waals surface area contributed by atoms with Gasteiger partial charge in [0.25, 0.3) is 11.8 Å². The van der Waals surface area contributed by atoms with Crippen LogP contribution in [0.1, 0.15) is 71.4 Å². The monoisotopic (exact) mass is 471 g/mol. The van der Waals surface area contributed by atoms with Crippen LogP contribution in [0.5, 0.6) is 0 Å². The van der Waals surface area contributed by atoms with E-state index < -0.39 is 17.2 Å².